The predicted octanol–water partition coefficient (Wildman–Crippen LogP) is 2.84. The summed E-state index contributed by atoms with van der Waals surface area (Å²) in [4.78, 5) is 3.95. The maximum atomic E-state index is 5.89. The van der Waals surface area contributed by atoms with Gasteiger partial charge in [0.1, 0.15) is 0 Å². The number of nitrogens with zero attached hydrogens (tertiary/aromatic N) is 1. The number of piperidine rings is 1. The number of hydrogen-bond donors (Lipinski definition) is 1. The van der Waals surface area contributed by atoms with Crippen molar-refractivity contribution in [3.8, 4) is 0 Å². The first-order valence-corrected chi connectivity index (χ1v) is 7.90. The molecule has 0 spiro atoms. The summed E-state index contributed by atoms with van der Waals surface area (Å²) in [6, 6.07) is 11.2. The van der Waals surface area contributed by atoms with Gasteiger partial charge in [0, 0.05) is 29.8 Å². The summed E-state index contributed by atoms with van der Waals surface area (Å²) in [6.45, 7) is 5.53. The molecular formula is C15H24N2S. The maximum absolute atomic E-state index is 5.89. The van der Waals surface area contributed by atoms with Gasteiger partial charge in [-0.25, -0.2) is 0 Å². The molecule has 100 valence electrons. The molecule has 18 heavy (non-hydrogen) atoms. The lowest BCUT2D eigenvalue weighted by Crippen LogP contribution is -2.47. The van der Waals surface area contributed by atoms with Crippen molar-refractivity contribution >= 4 is 11.8 Å². The van der Waals surface area contributed by atoms with Gasteiger partial charge in [-0.15, -0.1) is 11.8 Å². The fourth-order valence-corrected chi connectivity index (χ4v) is 3.55. The quantitative estimate of drug-likeness (QED) is 0.829. The van der Waals surface area contributed by atoms with Crippen molar-refractivity contribution in [1.29, 1.82) is 0 Å². The first-order valence-electron chi connectivity index (χ1n) is 6.91. The topological polar surface area (TPSA) is 29.3 Å². The van der Waals surface area contributed by atoms with Crippen molar-refractivity contribution in [2.24, 2.45) is 11.7 Å². The molecule has 1 aliphatic rings. The molecule has 1 aliphatic heterocycles. The van der Waals surface area contributed by atoms with E-state index < -0.39 is 0 Å². The summed E-state index contributed by atoms with van der Waals surface area (Å²) < 4.78 is 0. The Morgan fingerprint density at radius 1 is 1.33 bits per heavy atom. The van der Waals surface area contributed by atoms with Gasteiger partial charge in [-0.05, 0) is 37.4 Å². The van der Waals surface area contributed by atoms with Crippen LogP contribution in [0.5, 0.6) is 0 Å². The number of likely N-dealkylation sites (tertiary alicyclic amines) is 1. The average molecular weight is 264 g/mol. The summed E-state index contributed by atoms with van der Waals surface area (Å²) in [6.07, 6.45) is 2.60. The Labute approximate surface area is 115 Å². The van der Waals surface area contributed by atoms with Crippen molar-refractivity contribution in [3.05, 3.63) is 30.3 Å². The summed E-state index contributed by atoms with van der Waals surface area (Å²) in [5, 5.41) is 0. The molecule has 2 atom stereocenters. The van der Waals surface area contributed by atoms with Crippen LogP contribution in [0.4, 0.5) is 0 Å². The van der Waals surface area contributed by atoms with Gasteiger partial charge in [0.2, 0.25) is 0 Å². The Balaban J connectivity index is 1.75. The van der Waals surface area contributed by atoms with E-state index in [0.717, 1.165) is 24.8 Å². The van der Waals surface area contributed by atoms with Gasteiger partial charge in [-0.3, -0.25) is 4.90 Å². The second kappa shape index (κ2) is 7.17. The molecule has 2 unspecified atom stereocenters. The van der Waals surface area contributed by atoms with E-state index in [1.54, 1.807) is 0 Å². The Morgan fingerprint density at radius 3 is 2.83 bits per heavy atom. The normalized spacial score (nSPS) is 25.2. The molecule has 1 saturated heterocycles. The van der Waals surface area contributed by atoms with E-state index in [1.807, 2.05) is 11.8 Å². The van der Waals surface area contributed by atoms with Gasteiger partial charge in [-0.1, -0.05) is 25.1 Å². The molecule has 0 bridgehead atoms. The molecule has 2 nitrogen and oxygen atoms in total. The molecule has 0 aliphatic carbocycles. The van der Waals surface area contributed by atoms with Crippen LogP contribution < -0.4 is 5.73 Å². The molecule has 0 amide bonds. The summed E-state index contributed by atoms with van der Waals surface area (Å²) >= 11 is 1.94. The van der Waals surface area contributed by atoms with E-state index in [1.165, 1.54) is 24.3 Å². The molecule has 1 heterocycles. The van der Waals surface area contributed by atoms with Crippen LogP contribution in [0.3, 0.4) is 0 Å². The van der Waals surface area contributed by atoms with E-state index in [9.17, 15) is 0 Å². The first-order chi connectivity index (χ1) is 8.79. The average Bonchev–Trinajstić information content (AvgIpc) is 2.41. The van der Waals surface area contributed by atoms with Crippen LogP contribution >= 0.6 is 11.8 Å². The zero-order chi connectivity index (χ0) is 12.8. The SMILES string of the molecule is CC1CCN(CCSc2ccccc2)C(CN)C1. The molecule has 0 radical (unpaired) electrons. The van der Waals surface area contributed by atoms with Crippen molar-refractivity contribution in [2.45, 2.75) is 30.7 Å². The van der Waals surface area contributed by atoms with Crippen LogP contribution in [0.15, 0.2) is 35.2 Å². The lowest BCUT2D eigenvalue weighted by atomic mass is 9.92. The molecule has 1 fully saturated rings. The van der Waals surface area contributed by atoms with Crippen molar-refractivity contribution in [2.75, 3.05) is 25.4 Å². The largest absolute Gasteiger partial charge is 0.329 e. The third-order valence-electron chi connectivity index (χ3n) is 3.76. The Hall–Kier alpha value is -0.510. The highest BCUT2D eigenvalue weighted by atomic mass is 32.2. The van der Waals surface area contributed by atoms with E-state index in [-0.39, 0.29) is 0 Å². The van der Waals surface area contributed by atoms with Crippen LogP contribution in [-0.4, -0.2) is 36.3 Å². The number of benzene rings is 1. The van der Waals surface area contributed by atoms with Gasteiger partial charge >= 0.3 is 0 Å². The van der Waals surface area contributed by atoms with Crippen LogP contribution in [0, 0.1) is 5.92 Å². The molecule has 2 rings (SSSR count). The van der Waals surface area contributed by atoms with Gasteiger partial charge in [0.05, 0.1) is 0 Å². The molecular weight excluding hydrogens is 240 g/mol. The lowest BCUT2D eigenvalue weighted by molar-refractivity contribution is 0.131. The Morgan fingerprint density at radius 2 is 2.11 bits per heavy atom. The minimum atomic E-state index is 0.602. The minimum absolute atomic E-state index is 0.602. The zero-order valence-corrected chi connectivity index (χ0v) is 12.0. The first kappa shape index (κ1) is 13.9. The monoisotopic (exact) mass is 264 g/mol. The highest BCUT2D eigenvalue weighted by Crippen LogP contribution is 2.23. The molecule has 1 aromatic carbocycles. The molecule has 3 heteroatoms. The van der Waals surface area contributed by atoms with E-state index in [0.29, 0.717) is 6.04 Å². The van der Waals surface area contributed by atoms with Gasteiger partial charge < -0.3 is 5.73 Å². The highest BCUT2D eigenvalue weighted by Gasteiger charge is 2.24. The van der Waals surface area contributed by atoms with Crippen LogP contribution in [0.25, 0.3) is 0 Å². The molecule has 2 N–H and O–H groups in total. The van der Waals surface area contributed by atoms with Crippen molar-refractivity contribution in [1.82, 2.24) is 4.90 Å². The Kier molecular flexibility index (Phi) is 5.54. The highest BCUT2D eigenvalue weighted by molar-refractivity contribution is 7.99. The fourth-order valence-electron chi connectivity index (χ4n) is 2.64. The third kappa shape index (κ3) is 4.01. The predicted molar refractivity (Wildman–Crippen MR) is 80.0 cm³/mol. The van der Waals surface area contributed by atoms with Gasteiger partial charge in [0.25, 0.3) is 0 Å². The van der Waals surface area contributed by atoms with Crippen molar-refractivity contribution in [3.63, 3.8) is 0 Å². The zero-order valence-electron chi connectivity index (χ0n) is 11.2. The minimum Gasteiger partial charge on any atom is -0.329 e. The van der Waals surface area contributed by atoms with E-state index >= 15 is 0 Å². The lowest BCUT2D eigenvalue weighted by Gasteiger charge is -2.37. The molecule has 0 aromatic heterocycles. The number of thioether (sulfide) groups is 1. The van der Waals surface area contributed by atoms with Gasteiger partial charge in [-0.2, -0.15) is 0 Å². The number of hydrogen-bond acceptors (Lipinski definition) is 3. The smallest absolute Gasteiger partial charge is 0.0221 e. The summed E-state index contributed by atoms with van der Waals surface area (Å²) in [5.74, 6) is 2.01. The molecule has 1 aromatic rings. The van der Waals surface area contributed by atoms with Crippen LogP contribution in [0.2, 0.25) is 0 Å². The van der Waals surface area contributed by atoms with Gasteiger partial charge in [0.15, 0.2) is 0 Å². The number of nitrogens with two attached hydrogens (primary N) is 1. The van der Waals surface area contributed by atoms with Crippen molar-refractivity contribution < 1.29 is 0 Å². The second-order valence-electron chi connectivity index (χ2n) is 5.22. The standard InChI is InChI=1S/C15H24N2S/c1-13-7-8-17(14(11-13)12-16)9-10-18-15-5-3-2-4-6-15/h2-6,13-14H,7-12,16H2,1H3. The van der Waals surface area contributed by atoms with E-state index in [2.05, 4.69) is 42.2 Å². The van der Waals surface area contributed by atoms with Crippen LogP contribution in [0.1, 0.15) is 19.8 Å². The van der Waals surface area contributed by atoms with E-state index in [4.69, 9.17) is 5.73 Å². The maximum Gasteiger partial charge on any atom is 0.0221 e. The fraction of sp³-hybridized carbons (Fsp3) is 0.600. The summed E-state index contributed by atoms with van der Waals surface area (Å²) in [5.41, 5.74) is 5.89. The molecule has 0 saturated carbocycles. The third-order valence-corrected chi connectivity index (χ3v) is 4.75. The summed E-state index contributed by atoms with van der Waals surface area (Å²) in [7, 11) is 0. The van der Waals surface area contributed by atoms with Crippen LogP contribution in [-0.2, 0) is 0 Å². The second-order valence-corrected chi connectivity index (χ2v) is 6.38. The Bertz CT molecular complexity index is 342. The number of rotatable bonds is 5.